The first kappa shape index (κ1) is 12.2. The monoisotopic (exact) mass is 271 g/mol. The van der Waals surface area contributed by atoms with Crippen LogP contribution in [0.15, 0.2) is 30.5 Å². The lowest BCUT2D eigenvalue weighted by atomic mass is 10.2. The van der Waals surface area contributed by atoms with E-state index in [1.807, 2.05) is 24.3 Å². The number of fused-ring (bicyclic) bond motifs is 1. The molecule has 0 bridgehead atoms. The molecule has 3 N–H and O–H groups in total. The second-order valence-electron chi connectivity index (χ2n) is 4.23. The van der Waals surface area contributed by atoms with Gasteiger partial charge in [-0.25, -0.2) is 9.78 Å². The van der Waals surface area contributed by atoms with Gasteiger partial charge in [-0.2, -0.15) is 4.98 Å². The van der Waals surface area contributed by atoms with Crippen LogP contribution >= 0.6 is 0 Å². The van der Waals surface area contributed by atoms with Gasteiger partial charge in [0.05, 0.1) is 7.11 Å². The van der Waals surface area contributed by atoms with Crippen LogP contribution in [0.5, 0.6) is 5.75 Å². The lowest BCUT2D eigenvalue weighted by Gasteiger charge is -2.17. The molecule has 0 atom stereocenters. The number of aromatic nitrogens is 2. The molecule has 102 valence electrons. The van der Waals surface area contributed by atoms with Gasteiger partial charge in [-0.1, -0.05) is 0 Å². The Labute approximate surface area is 115 Å². The van der Waals surface area contributed by atoms with Crippen molar-refractivity contribution in [3.05, 3.63) is 36.0 Å². The molecule has 2 amide bonds. The second-order valence-corrected chi connectivity index (χ2v) is 4.23. The Morgan fingerprint density at radius 3 is 2.85 bits per heavy atom. The molecule has 0 radical (unpaired) electrons. The van der Waals surface area contributed by atoms with Crippen LogP contribution in [0.4, 0.5) is 22.2 Å². The Hall–Kier alpha value is -2.83. The number of amides is 2. The maximum atomic E-state index is 11.2. The highest BCUT2D eigenvalue weighted by Crippen LogP contribution is 2.21. The van der Waals surface area contributed by atoms with Crippen molar-refractivity contribution in [3.8, 4) is 5.75 Å². The fourth-order valence-electron chi connectivity index (χ4n) is 1.84. The van der Waals surface area contributed by atoms with Crippen molar-refractivity contribution in [2.45, 2.75) is 6.54 Å². The smallest absolute Gasteiger partial charge is 0.320 e. The Morgan fingerprint density at radius 2 is 2.10 bits per heavy atom. The highest BCUT2D eigenvalue weighted by molar-refractivity contribution is 5.91. The van der Waals surface area contributed by atoms with E-state index in [1.54, 1.807) is 13.3 Å². The van der Waals surface area contributed by atoms with Crippen LogP contribution in [0.25, 0.3) is 0 Å². The molecule has 0 saturated carbocycles. The fraction of sp³-hybridized carbons (Fsp3) is 0.154. The van der Waals surface area contributed by atoms with E-state index in [-0.39, 0.29) is 6.03 Å². The van der Waals surface area contributed by atoms with Gasteiger partial charge in [0.2, 0.25) is 5.95 Å². The molecule has 0 saturated heterocycles. The summed E-state index contributed by atoms with van der Waals surface area (Å²) >= 11 is 0. The van der Waals surface area contributed by atoms with Crippen molar-refractivity contribution in [3.63, 3.8) is 0 Å². The first-order chi connectivity index (χ1) is 9.74. The zero-order chi connectivity index (χ0) is 13.9. The topological polar surface area (TPSA) is 88.2 Å². The largest absolute Gasteiger partial charge is 0.497 e. The number of carbonyl (C=O) groups excluding carboxylic acids is 1. The van der Waals surface area contributed by atoms with Gasteiger partial charge in [-0.05, 0) is 24.3 Å². The molecule has 2 heterocycles. The number of anilines is 3. The van der Waals surface area contributed by atoms with Crippen molar-refractivity contribution >= 4 is 23.5 Å². The molecule has 0 fully saturated rings. The summed E-state index contributed by atoms with van der Waals surface area (Å²) in [5.41, 5.74) is 1.69. The fourth-order valence-corrected chi connectivity index (χ4v) is 1.84. The quantitative estimate of drug-likeness (QED) is 0.793. The minimum Gasteiger partial charge on any atom is -0.497 e. The van der Waals surface area contributed by atoms with E-state index >= 15 is 0 Å². The lowest BCUT2D eigenvalue weighted by molar-refractivity contribution is 0.250. The molecule has 2 aromatic rings. The van der Waals surface area contributed by atoms with Gasteiger partial charge in [0.25, 0.3) is 0 Å². The number of nitrogens with zero attached hydrogens (tertiary/aromatic N) is 2. The van der Waals surface area contributed by atoms with Gasteiger partial charge in [0, 0.05) is 24.0 Å². The minimum atomic E-state index is -0.258. The average molecular weight is 271 g/mol. The van der Waals surface area contributed by atoms with Gasteiger partial charge in [-0.15, -0.1) is 0 Å². The standard InChI is InChI=1S/C13H13N5O2/c1-20-10-4-2-9(3-5-10)16-12-14-6-8-7-15-13(19)18-11(8)17-12/h2-6H,7H2,1H3,(H3,14,15,16,17,18,19). The zero-order valence-corrected chi connectivity index (χ0v) is 10.8. The predicted molar refractivity (Wildman–Crippen MR) is 74.2 cm³/mol. The summed E-state index contributed by atoms with van der Waals surface area (Å²) in [4.78, 5) is 19.7. The number of nitrogens with one attached hydrogen (secondary N) is 3. The molecule has 0 spiro atoms. The summed E-state index contributed by atoms with van der Waals surface area (Å²) in [6.45, 7) is 0.435. The number of hydrogen-bond acceptors (Lipinski definition) is 5. The predicted octanol–water partition coefficient (Wildman–Crippen LogP) is 1.86. The molecule has 7 nitrogen and oxygen atoms in total. The van der Waals surface area contributed by atoms with Gasteiger partial charge < -0.3 is 15.4 Å². The Bertz CT molecular complexity index is 642. The first-order valence-electron chi connectivity index (χ1n) is 6.06. The maximum absolute atomic E-state index is 11.2. The van der Waals surface area contributed by atoms with E-state index in [0.717, 1.165) is 17.0 Å². The van der Waals surface area contributed by atoms with E-state index < -0.39 is 0 Å². The number of carbonyl (C=O) groups is 1. The molecule has 1 aliphatic heterocycles. The Kier molecular flexibility index (Phi) is 3.08. The van der Waals surface area contributed by atoms with E-state index in [9.17, 15) is 4.79 Å². The third-order valence-corrected chi connectivity index (χ3v) is 2.88. The normalized spacial score (nSPS) is 12.9. The van der Waals surface area contributed by atoms with Crippen LogP contribution in [0.2, 0.25) is 0 Å². The Morgan fingerprint density at radius 1 is 1.30 bits per heavy atom. The highest BCUT2D eigenvalue weighted by atomic mass is 16.5. The van der Waals surface area contributed by atoms with Crippen LogP contribution in [-0.2, 0) is 6.54 Å². The molecular weight excluding hydrogens is 258 g/mol. The Balaban J connectivity index is 1.80. The molecule has 0 aliphatic carbocycles. The maximum Gasteiger partial charge on any atom is 0.320 e. The summed E-state index contributed by atoms with van der Waals surface area (Å²) < 4.78 is 5.09. The minimum absolute atomic E-state index is 0.258. The number of rotatable bonds is 3. The van der Waals surface area contributed by atoms with E-state index in [2.05, 4.69) is 25.9 Å². The van der Waals surface area contributed by atoms with Crippen LogP contribution in [0.3, 0.4) is 0 Å². The molecule has 1 aromatic heterocycles. The number of methoxy groups -OCH3 is 1. The second kappa shape index (κ2) is 5.04. The third kappa shape index (κ3) is 2.46. The molecular formula is C13H13N5O2. The van der Waals surface area contributed by atoms with Gasteiger partial charge in [0.1, 0.15) is 11.6 Å². The van der Waals surface area contributed by atoms with Crippen molar-refractivity contribution in [1.29, 1.82) is 0 Å². The molecule has 3 rings (SSSR count). The first-order valence-corrected chi connectivity index (χ1v) is 6.06. The molecule has 20 heavy (non-hydrogen) atoms. The number of benzene rings is 1. The summed E-state index contributed by atoms with van der Waals surface area (Å²) in [6, 6.07) is 7.15. The molecule has 7 heteroatoms. The van der Waals surface area contributed by atoms with Crippen molar-refractivity contribution < 1.29 is 9.53 Å². The highest BCUT2D eigenvalue weighted by Gasteiger charge is 2.16. The van der Waals surface area contributed by atoms with Gasteiger partial charge in [0.15, 0.2) is 0 Å². The summed E-state index contributed by atoms with van der Waals surface area (Å²) in [7, 11) is 1.62. The van der Waals surface area contributed by atoms with Crippen LogP contribution in [0.1, 0.15) is 5.56 Å². The van der Waals surface area contributed by atoms with Gasteiger partial charge >= 0.3 is 6.03 Å². The molecule has 0 unspecified atom stereocenters. The lowest BCUT2D eigenvalue weighted by Crippen LogP contribution is -2.34. The number of ether oxygens (including phenoxy) is 1. The average Bonchev–Trinajstić information content (AvgIpc) is 2.47. The number of hydrogen-bond donors (Lipinski definition) is 3. The van der Waals surface area contributed by atoms with Gasteiger partial charge in [-0.3, -0.25) is 5.32 Å². The van der Waals surface area contributed by atoms with Crippen LogP contribution in [0, 0.1) is 0 Å². The molecule has 1 aliphatic rings. The van der Waals surface area contributed by atoms with Crippen molar-refractivity contribution in [2.24, 2.45) is 0 Å². The van der Waals surface area contributed by atoms with Crippen LogP contribution in [-0.4, -0.2) is 23.1 Å². The van der Waals surface area contributed by atoms with E-state index in [4.69, 9.17) is 4.74 Å². The van der Waals surface area contributed by atoms with Crippen molar-refractivity contribution in [2.75, 3.05) is 17.7 Å². The van der Waals surface area contributed by atoms with E-state index in [0.29, 0.717) is 18.3 Å². The SMILES string of the molecule is COc1ccc(Nc2ncc3c(n2)NC(=O)NC3)cc1. The van der Waals surface area contributed by atoms with E-state index in [1.165, 1.54) is 0 Å². The zero-order valence-electron chi connectivity index (χ0n) is 10.8. The summed E-state index contributed by atoms with van der Waals surface area (Å²) in [6.07, 6.45) is 1.68. The van der Waals surface area contributed by atoms with Crippen LogP contribution < -0.4 is 20.7 Å². The number of urea groups is 1. The molecule has 1 aromatic carbocycles. The summed E-state index contributed by atoms with van der Waals surface area (Å²) in [5, 5.41) is 8.37. The van der Waals surface area contributed by atoms with Crippen molar-refractivity contribution in [1.82, 2.24) is 15.3 Å². The third-order valence-electron chi connectivity index (χ3n) is 2.88. The summed E-state index contributed by atoms with van der Waals surface area (Å²) in [5.74, 6) is 1.73.